The molecule has 1 atom stereocenters. The lowest BCUT2D eigenvalue weighted by molar-refractivity contribution is 0.712. The first-order valence-electron chi connectivity index (χ1n) is 6.28. The van der Waals surface area contributed by atoms with Crippen LogP contribution in [0.2, 0.25) is 0 Å². The molecule has 0 spiro atoms. The highest BCUT2D eigenvalue weighted by Gasteiger charge is 2.10. The van der Waals surface area contributed by atoms with Gasteiger partial charge in [-0.1, -0.05) is 43.3 Å². The maximum absolute atomic E-state index is 6.34. The fourth-order valence-electron chi connectivity index (χ4n) is 2.20. The average Bonchev–Trinajstić information content (AvgIpc) is 2.41. The van der Waals surface area contributed by atoms with Crippen LogP contribution in [0.25, 0.3) is 0 Å². The largest absolute Gasteiger partial charge is 0.324 e. The quantitative estimate of drug-likeness (QED) is 0.825. The molecule has 0 amide bonds. The Labute approximate surface area is 123 Å². The van der Waals surface area contributed by atoms with Crippen molar-refractivity contribution in [1.29, 1.82) is 0 Å². The van der Waals surface area contributed by atoms with E-state index in [1.807, 2.05) is 0 Å². The number of nitrogens with two attached hydrogens (primary N) is 1. The summed E-state index contributed by atoms with van der Waals surface area (Å²) in [7, 11) is 0. The first-order valence-corrected chi connectivity index (χ1v) is 7.36. The monoisotopic (exact) mass is 351 g/mol. The maximum Gasteiger partial charge on any atom is 0.0338 e. The Kier molecular flexibility index (Phi) is 4.78. The van der Waals surface area contributed by atoms with Gasteiger partial charge in [0.15, 0.2) is 0 Å². The molecule has 2 aromatic rings. The Balaban J connectivity index is 2.16. The van der Waals surface area contributed by atoms with Crippen molar-refractivity contribution in [1.82, 2.24) is 0 Å². The zero-order chi connectivity index (χ0) is 13.0. The summed E-state index contributed by atoms with van der Waals surface area (Å²) in [6.45, 7) is 2.18. The highest BCUT2D eigenvalue weighted by atomic mass is 127. The van der Waals surface area contributed by atoms with Crippen molar-refractivity contribution in [3.05, 3.63) is 68.8 Å². The third-order valence-corrected chi connectivity index (χ3v) is 3.92. The molecule has 94 valence electrons. The van der Waals surface area contributed by atoms with Crippen molar-refractivity contribution in [2.75, 3.05) is 0 Å². The predicted molar refractivity (Wildman–Crippen MR) is 85.6 cm³/mol. The van der Waals surface area contributed by atoms with Crippen molar-refractivity contribution in [2.45, 2.75) is 25.8 Å². The van der Waals surface area contributed by atoms with Gasteiger partial charge in [-0.15, -0.1) is 0 Å². The molecule has 0 saturated carbocycles. The van der Waals surface area contributed by atoms with Gasteiger partial charge in [0.05, 0.1) is 0 Å². The molecule has 0 aliphatic heterocycles. The molecule has 1 unspecified atom stereocenters. The molecule has 0 bridgehead atoms. The molecule has 0 fully saturated rings. The normalized spacial score (nSPS) is 12.4. The van der Waals surface area contributed by atoms with Crippen LogP contribution in [0, 0.1) is 3.57 Å². The second-order valence-corrected chi connectivity index (χ2v) is 5.74. The summed E-state index contributed by atoms with van der Waals surface area (Å²) in [6.07, 6.45) is 1.94. The number of rotatable bonds is 4. The minimum atomic E-state index is 0.0845. The van der Waals surface area contributed by atoms with Crippen LogP contribution in [0.5, 0.6) is 0 Å². The Morgan fingerprint density at radius 1 is 1.06 bits per heavy atom. The Bertz CT molecular complexity index is 505. The summed E-state index contributed by atoms with van der Waals surface area (Å²) < 4.78 is 1.26. The van der Waals surface area contributed by atoms with E-state index >= 15 is 0 Å². The summed E-state index contributed by atoms with van der Waals surface area (Å²) in [5.74, 6) is 0. The van der Waals surface area contributed by atoms with Crippen molar-refractivity contribution in [3.63, 3.8) is 0 Å². The second kappa shape index (κ2) is 6.34. The number of aryl methyl sites for hydroxylation is 1. The Morgan fingerprint density at radius 2 is 1.72 bits per heavy atom. The zero-order valence-corrected chi connectivity index (χ0v) is 12.7. The van der Waals surface area contributed by atoms with Gasteiger partial charge in [-0.3, -0.25) is 0 Å². The van der Waals surface area contributed by atoms with Gasteiger partial charge in [0, 0.05) is 9.61 Å². The van der Waals surface area contributed by atoms with E-state index in [4.69, 9.17) is 5.73 Å². The molecule has 0 heterocycles. The van der Waals surface area contributed by atoms with Crippen molar-refractivity contribution < 1.29 is 0 Å². The van der Waals surface area contributed by atoms with E-state index in [0.29, 0.717) is 0 Å². The smallest absolute Gasteiger partial charge is 0.0338 e. The summed E-state index contributed by atoms with van der Waals surface area (Å²) in [5, 5.41) is 0. The SMILES string of the molecule is CCc1ccccc1C(N)Cc1ccc(I)cc1. The summed E-state index contributed by atoms with van der Waals surface area (Å²) >= 11 is 2.32. The fourth-order valence-corrected chi connectivity index (χ4v) is 2.56. The van der Waals surface area contributed by atoms with E-state index in [9.17, 15) is 0 Å². The number of benzene rings is 2. The van der Waals surface area contributed by atoms with Crippen LogP contribution in [0.4, 0.5) is 0 Å². The molecule has 0 aromatic heterocycles. The lowest BCUT2D eigenvalue weighted by Crippen LogP contribution is -2.15. The van der Waals surface area contributed by atoms with Crippen molar-refractivity contribution in [2.24, 2.45) is 5.73 Å². The van der Waals surface area contributed by atoms with E-state index in [0.717, 1.165) is 12.8 Å². The standard InChI is InChI=1S/C16H18IN/c1-2-13-5-3-4-6-15(13)16(18)11-12-7-9-14(17)10-8-12/h3-10,16H,2,11,18H2,1H3. The lowest BCUT2D eigenvalue weighted by Gasteiger charge is -2.16. The molecule has 2 heteroatoms. The van der Waals surface area contributed by atoms with Crippen LogP contribution < -0.4 is 5.73 Å². The molecular formula is C16H18IN. The van der Waals surface area contributed by atoms with Gasteiger partial charge in [-0.2, -0.15) is 0 Å². The van der Waals surface area contributed by atoms with E-state index in [-0.39, 0.29) is 6.04 Å². The summed E-state index contributed by atoms with van der Waals surface area (Å²) in [4.78, 5) is 0. The van der Waals surface area contributed by atoms with Crippen molar-refractivity contribution in [3.8, 4) is 0 Å². The van der Waals surface area contributed by atoms with Gasteiger partial charge in [-0.05, 0) is 64.3 Å². The molecule has 2 N–H and O–H groups in total. The Hall–Kier alpha value is -0.870. The van der Waals surface area contributed by atoms with Gasteiger partial charge in [0.1, 0.15) is 0 Å². The zero-order valence-electron chi connectivity index (χ0n) is 10.6. The molecule has 2 rings (SSSR count). The van der Waals surface area contributed by atoms with Crippen LogP contribution in [0.1, 0.15) is 29.7 Å². The van der Waals surface area contributed by atoms with Gasteiger partial charge in [0.25, 0.3) is 0 Å². The van der Waals surface area contributed by atoms with Gasteiger partial charge in [-0.25, -0.2) is 0 Å². The molecule has 2 aromatic carbocycles. The van der Waals surface area contributed by atoms with Gasteiger partial charge < -0.3 is 5.73 Å². The van der Waals surface area contributed by atoms with E-state index in [2.05, 4.69) is 78.0 Å². The van der Waals surface area contributed by atoms with Crippen LogP contribution in [-0.2, 0) is 12.8 Å². The molecule has 0 aliphatic carbocycles. The topological polar surface area (TPSA) is 26.0 Å². The molecule has 0 radical (unpaired) electrons. The minimum absolute atomic E-state index is 0.0845. The second-order valence-electron chi connectivity index (χ2n) is 4.49. The maximum atomic E-state index is 6.34. The average molecular weight is 351 g/mol. The van der Waals surface area contributed by atoms with Crippen LogP contribution in [-0.4, -0.2) is 0 Å². The van der Waals surface area contributed by atoms with Gasteiger partial charge >= 0.3 is 0 Å². The first kappa shape index (κ1) is 13.6. The highest BCUT2D eigenvalue weighted by molar-refractivity contribution is 14.1. The van der Waals surface area contributed by atoms with E-state index in [1.165, 1.54) is 20.3 Å². The molecule has 1 nitrogen and oxygen atoms in total. The number of hydrogen-bond donors (Lipinski definition) is 1. The molecular weight excluding hydrogens is 333 g/mol. The number of hydrogen-bond acceptors (Lipinski definition) is 1. The first-order chi connectivity index (χ1) is 8.70. The minimum Gasteiger partial charge on any atom is -0.324 e. The summed E-state index contributed by atoms with van der Waals surface area (Å²) in [6, 6.07) is 17.2. The van der Waals surface area contributed by atoms with Gasteiger partial charge in [0.2, 0.25) is 0 Å². The third kappa shape index (κ3) is 3.33. The van der Waals surface area contributed by atoms with Crippen molar-refractivity contribution >= 4 is 22.6 Å². The highest BCUT2D eigenvalue weighted by Crippen LogP contribution is 2.21. The lowest BCUT2D eigenvalue weighted by atomic mass is 9.94. The van der Waals surface area contributed by atoms with Crippen LogP contribution in [0.15, 0.2) is 48.5 Å². The molecule has 0 aliphatic rings. The summed E-state index contributed by atoms with van der Waals surface area (Å²) in [5.41, 5.74) is 10.3. The molecule has 18 heavy (non-hydrogen) atoms. The fraction of sp³-hybridized carbons (Fsp3) is 0.250. The third-order valence-electron chi connectivity index (χ3n) is 3.20. The van der Waals surface area contributed by atoms with Crippen LogP contribution in [0.3, 0.4) is 0 Å². The van der Waals surface area contributed by atoms with E-state index < -0.39 is 0 Å². The number of halogens is 1. The van der Waals surface area contributed by atoms with E-state index in [1.54, 1.807) is 0 Å². The van der Waals surface area contributed by atoms with Crippen LogP contribution >= 0.6 is 22.6 Å². The predicted octanol–water partition coefficient (Wildman–Crippen LogP) is 4.10. The Morgan fingerprint density at radius 3 is 2.39 bits per heavy atom. The molecule has 0 saturated heterocycles.